The summed E-state index contributed by atoms with van der Waals surface area (Å²) in [5.41, 5.74) is 10.3. The molecular weight excluding hydrogens is 404 g/mol. The van der Waals surface area contributed by atoms with Gasteiger partial charge in [-0.05, 0) is 18.9 Å². The van der Waals surface area contributed by atoms with Crippen LogP contribution >= 0.6 is 11.6 Å². The van der Waals surface area contributed by atoms with Gasteiger partial charge in [0.1, 0.15) is 23.0 Å². The predicted octanol–water partition coefficient (Wildman–Crippen LogP) is 3.94. The molecule has 1 aliphatic rings. The van der Waals surface area contributed by atoms with Crippen LogP contribution in [0.2, 0.25) is 5.15 Å². The van der Waals surface area contributed by atoms with E-state index in [9.17, 15) is 4.79 Å². The van der Waals surface area contributed by atoms with Crippen LogP contribution in [0, 0.1) is 6.92 Å². The van der Waals surface area contributed by atoms with Crippen molar-refractivity contribution in [2.75, 3.05) is 24.3 Å². The Morgan fingerprint density at radius 1 is 1.40 bits per heavy atom. The first-order valence-electron chi connectivity index (χ1n) is 9.98. The second-order valence-electron chi connectivity index (χ2n) is 7.66. The van der Waals surface area contributed by atoms with Gasteiger partial charge in [-0.2, -0.15) is 4.98 Å². The maximum atomic E-state index is 12.0. The van der Waals surface area contributed by atoms with Crippen molar-refractivity contribution in [2.45, 2.75) is 46.1 Å². The molecule has 0 amide bonds. The number of carbonyl (C=O) groups excluding carboxylic acids is 1. The third-order valence-corrected chi connectivity index (χ3v) is 6.06. The molecule has 1 aromatic carbocycles. The first-order valence-corrected chi connectivity index (χ1v) is 10.4. The Labute approximate surface area is 180 Å². The van der Waals surface area contributed by atoms with E-state index in [1.807, 2.05) is 13.0 Å². The van der Waals surface area contributed by atoms with Crippen LogP contribution in [-0.4, -0.2) is 39.1 Å². The lowest BCUT2D eigenvalue weighted by atomic mass is 9.99. The van der Waals surface area contributed by atoms with Crippen LogP contribution in [0.15, 0.2) is 12.4 Å². The van der Waals surface area contributed by atoms with Gasteiger partial charge in [-0.25, -0.2) is 9.97 Å². The number of rotatable bonds is 5. The second-order valence-corrected chi connectivity index (χ2v) is 8.02. The van der Waals surface area contributed by atoms with Gasteiger partial charge in [0.25, 0.3) is 0 Å². The lowest BCUT2D eigenvalue weighted by Crippen LogP contribution is -2.23. The number of hydrogen-bond donors (Lipinski definition) is 1. The fourth-order valence-electron chi connectivity index (χ4n) is 4.34. The summed E-state index contributed by atoms with van der Waals surface area (Å²) in [6, 6.07) is 1.86. The molecule has 30 heavy (non-hydrogen) atoms. The minimum Gasteiger partial charge on any atom is -0.496 e. The van der Waals surface area contributed by atoms with Crippen LogP contribution < -0.4 is 15.4 Å². The quantitative estimate of drug-likeness (QED) is 0.614. The molecule has 8 nitrogen and oxygen atoms in total. The standard InChI is InChI=1S/C21H25ClN6O2/c1-5-6-13-8-27(20-17(13)19(22)25-21(23)26-20)9-14-11(2)16(30-4)7-15-18(14)24-10-28(15)12(3)29/h7,10,13H,5-6,8-9H2,1-4H3,(H2,23,25,26). The minimum absolute atomic E-state index is 0.101. The summed E-state index contributed by atoms with van der Waals surface area (Å²) in [7, 11) is 1.63. The van der Waals surface area contributed by atoms with Gasteiger partial charge in [-0.15, -0.1) is 0 Å². The maximum Gasteiger partial charge on any atom is 0.229 e. The lowest BCUT2D eigenvalue weighted by molar-refractivity contribution is 0.0941. The lowest BCUT2D eigenvalue weighted by Gasteiger charge is -2.22. The van der Waals surface area contributed by atoms with Crippen molar-refractivity contribution in [2.24, 2.45) is 0 Å². The van der Waals surface area contributed by atoms with Gasteiger partial charge < -0.3 is 15.4 Å². The molecule has 1 aliphatic heterocycles. The van der Waals surface area contributed by atoms with Crippen LogP contribution in [0.25, 0.3) is 11.0 Å². The Balaban J connectivity index is 1.84. The van der Waals surface area contributed by atoms with Crippen molar-refractivity contribution < 1.29 is 9.53 Å². The Morgan fingerprint density at radius 3 is 2.83 bits per heavy atom. The summed E-state index contributed by atoms with van der Waals surface area (Å²) >= 11 is 6.45. The molecule has 0 saturated heterocycles. The minimum atomic E-state index is -0.101. The average Bonchev–Trinajstić information content (AvgIpc) is 3.26. The number of methoxy groups -OCH3 is 1. The van der Waals surface area contributed by atoms with E-state index in [-0.39, 0.29) is 17.8 Å². The summed E-state index contributed by atoms with van der Waals surface area (Å²) in [6.07, 6.45) is 3.58. The van der Waals surface area contributed by atoms with Gasteiger partial charge in [0.15, 0.2) is 0 Å². The smallest absolute Gasteiger partial charge is 0.229 e. The number of ether oxygens (including phenoxy) is 1. The van der Waals surface area contributed by atoms with Crippen molar-refractivity contribution in [3.8, 4) is 5.75 Å². The monoisotopic (exact) mass is 428 g/mol. The van der Waals surface area contributed by atoms with Crippen molar-refractivity contribution in [1.29, 1.82) is 0 Å². The maximum absolute atomic E-state index is 12.0. The largest absolute Gasteiger partial charge is 0.496 e. The van der Waals surface area contributed by atoms with Crippen LogP contribution in [0.3, 0.4) is 0 Å². The van der Waals surface area contributed by atoms with Gasteiger partial charge in [0, 0.05) is 43.1 Å². The van der Waals surface area contributed by atoms with E-state index in [1.54, 1.807) is 13.4 Å². The van der Waals surface area contributed by atoms with Gasteiger partial charge in [0.2, 0.25) is 11.9 Å². The molecule has 158 valence electrons. The number of nitrogen functional groups attached to an aromatic ring is 1. The highest BCUT2D eigenvalue weighted by molar-refractivity contribution is 6.30. The highest BCUT2D eigenvalue weighted by atomic mass is 35.5. The third-order valence-electron chi connectivity index (χ3n) is 5.77. The van der Waals surface area contributed by atoms with Crippen LogP contribution in [0.1, 0.15) is 54.1 Å². The molecule has 9 heteroatoms. The molecule has 1 unspecified atom stereocenters. The molecule has 0 bridgehead atoms. The molecule has 0 radical (unpaired) electrons. The van der Waals surface area contributed by atoms with Crippen LogP contribution in [0.4, 0.5) is 11.8 Å². The summed E-state index contributed by atoms with van der Waals surface area (Å²) in [5.74, 6) is 1.79. The number of nitrogens with two attached hydrogens (primary N) is 1. The number of hydrogen-bond acceptors (Lipinski definition) is 7. The Hall–Kier alpha value is -2.87. The number of fused-ring (bicyclic) bond motifs is 2. The third kappa shape index (κ3) is 3.25. The van der Waals surface area contributed by atoms with E-state index in [0.29, 0.717) is 17.4 Å². The first-order chi connectivity index (χ1) is 14.3. The fourth-order valence-corrected chi connectivity index (χ4v) is 4.67. The summed E-state index contributed by atoms with van der Waals surface area (Å²) in [4.78, 5) is 27.4. The summed E-state index contributed by atoms with van der Waals surface area (Å²) in [6.45, 7) is 6.99. The normalized spacial score (nSPS) is 15.6. The summed E-state index contributed by atoms with van der Waals surface area (Å²) in [5, 5.41) is 0.423. The number of nitrogens with zero attached hydrogens (tertiary/aromatic N) is 5. The van der Waals surface area contributed by atoms with E-state index >= 15 is 0 Å². The Bertz CT molecular complexity index is 1140. The average molecular weight is 429 g/mol. The zero-order chi connectivity index (χ0) is 21.6. The molecule has 2 aromatic heterocycles. The topological polar surface area (TPSA) is 99.2 Å². The molecule has 0 aliphatic carbocycles. The Kier molecular flexibility index (Phi) is 5.27. The van der Waals surface area contributed by atoms with Crippen molar-refractivity contribution in [3.63, 3.8) is 0 Å². The van der Waals surface area contributed by atoms with Crippen molar-refractivity contribution in [1.82, 2.24) is 19.5 Å². The molecule has 2 N–H and O–H groups in total. The predicted molar refractivity (Wildman–Crippen MR) is 117 cm³/mol. The van der Waals surface area contributed by atoms with Gasteiger partial charge in [0.05, 0.1) is 18.1 Å². The first kappa shape index (κ1) is 20.4. The SMILES string of the molecule is CCCC1CN(Cc2c(C)c(OC)cc3c2ncn3C(C)=O)c2nc(N)nc(Cl)c21. The van der Waals surface area contributed by atoms with Gasteiger partial charge >= 0.3 is 0 Å². The summed E-state index contributed by atoms with van der Waals surface area (Å²) < 4.78 is 7.13. The van der Waals surface area contributed by atoms with Gasteiger partial charge in [-0.1, -0.05) is 24.9 Å². The second kappa shape index (κ2) is 7.75. The zero-order valence-corrected chi connectivity index (χ0v) is 18.3. The fraction of sp³-hybridized carbons (Fsp3) is 0.429. The van der Waals surface area contributed by atoms with E-state index in [1.165, 1.54) is 11.5 Å². The molecule has 0 spiro atoms. The van der Waals surface area contributed by atoms with Crippen LogP contribution in [-0.2, 0) is 6.54 Å². The van der Waals surface area contributed by atoms with E-state index in [4.69, 9.17) is 22.1 Å². The molecule has 3 heterocycles. The highest BCUT2D eigenvalue weighted by Crippen LogP contribution is 2.43. The zero-order valence-electron chi connectivity index (χ0n) is 17.6. The van der Waals surface area contributed by atoms with Crippen molar-refractivity contribution in [3.05, 3.63) is 34.2 Å². The molecule has 1 atom stereocenters. The van der Waals surface area contributed by atoms with E-state index in [2.05, 4.69) is 26.8 Å². The molecule has 4 rings (SSSR count). The Morgan fingerprint density at radius 2 is 2.17 bits per heavy atom. The van der Waals surface area contributed by atoms with Crippen LogP contribution in [0.5, 0.6) is 5.75 Å². The van der Waals surface area contributed by atoms with Crippen molar-refractivity contribution >= 4 is 40.3 Å². The molecule has 0 fully saturated rings. The van der Waals surface area contributed by atoms with Gasteiger partial charge in [-0.3, -0.25) is 9.36 Å². The number of anilines is 2. The molecule has 0 saturated carbocycles. The number of carbonyl (C=O) groups is 1. The van der Waals surface area contributed by atoms with E-state index in [0.717, 1.165) is 52.9 Å². The highest BCUT2D eigenvalue weighted by Gasteiger charge is 2.34. The number of benzene rings is 1. The number of aromatic nitrogens is 4. The number of imidazole rings is 1. The number of halogens is 1. The molecular formula is C21H25ClN6O2. The van der Waals surface area contributed by atoms with E-state index < -0.39 is 0 Å². The molecule has 3 aromatic rings.